The lowest BCUT2D eigenvalue weighted by Crippen LogP contribution is -2.32. The Labute approximate surface area is 100 Å². The van der Waals surface area contributed by atoms with Gasteiger partial charge in [0.25, 0.3) is 0 Å². The number of ether oxygens (including phenoxy) is 1. The van der Waals surface area contributed by atoms with Crippen LogP contribution in [0.5, 0.6) is 5.75 Å². The second kappa shape index (κ2) is 5.18. The number of rotatable bonds is 2. The molecule has 0 fully saturated rings. The molecule has 0 saturated carbocycles. The average Bonchev–Trinajstić information content (AvgIpc) is 2.27. The molecule has 4 nitrogen and oxygen atoms in total. The molecule has 1 aromatic carbocycles. The lowest BCUT2D eigenvalue weighted by molar-refractivity contribution is -0.138. The van der Waals surface area contributed by atoms with Gasteiger partial charge in [0.05, 0.1) is 13.0 Å². The highest BCUT2D eigenvalue weighted by Gasteiger charge is 2.25. The van der Waals surface area contributed by atoms with Crippen LogP contribution in [-0.4, -0.2) is 24.7 Å². The van der Waals surface area contributed by atoms with E-state index in [-0.39, 0.29) is 12.4 Å². The number of fused-ring (bicyclic) bond motifs is 1. The number of carboxylic acids is 1. The van der Waals surface area contributed by atoms with Gasteiger partial charge in [-0.15, -0.1) is 12.4 Å². The number of aliphatic carboxylic acids is 1. The van der Waals surface area contributed by atoms with E-state index in [1.165, 1.54) is 0 Å². The van der Waals surface area contributed by atoms with Crippen molar-refractivity contribution in [2.75, 3.05) is 13.7 Å². The van der Waals surface area contributed by atoms with Gasteiger partial charge in [0, 0.05) is 13.1 Å². The van der Waals surface area contributed by atoms with Gasteiger partial charge in [0.2, 0.25) is 0 Å². The third-order valence-corrected chi connectivity index (χ3v) is 2.69. The molecule has 1 aliphatic rings. The highest BCUT2D eigenvalue weighted by Crippen LogP contribution is 2.27. The molecule has 0 aliphatic carbocycles. The van der Waals surface area contributed by atoms with Gasteiger partial charge in [-0.25, -0.2) is 0 Å². The van der Waals surface area contributed by atoms with E-state index in [0.717, 1.165) is 16.9 Å². The average molecular weight is 244 g/mol. The minimum absolute atomic E-state index is 0. The van der Waals surface area contributed by atoms with Crippen molar-refractivity contribution in [1.82, 2.24) is 5.32 Å². The minimum Gasteiger partial charge on any atom is -0.497 e. The van der Waals surface area contributed by atoms with Crippen LogP contribution in [0.4, 0.5) is 0 Å². The smallest absolute Gasteiger partial charge is 0.312 e. The van der Waals surface area contributed by atoms with Crippen molar-refractivity contribution in [3.63, 3.8) is 0 Å². The minimum atomic E-state index is -0.784. The first-order valence-electron chi connectivity index (χ1n) is 4.82. The van der Waals surface area contributed by atoms with Crippen LogP contribution in [0.2, 0.25) is 0 Å². The van der Waals surface area contributed by atoms with E-state index in [2.05, 4.69) is 5.32 Å². The van der Waals surface area contributed by atoms with Crippen LogP contribution in [0.1, 0.15) is 17.0 Å². The predicted molar refractivity (Wildman–Crippen MR) is 62.3 cm³/mol. The molecule has 1 atom stereocenters. The molecular weight excluding hydrogens is 230 g/mol. The van der Waals surface area contributed by atoms with Crippen molar-refractivity contribution >= 4 is 18.4 Å². The number of hydrogen-bond donors (Lipinski definition) is 2. The second-order valence-electron chi connectivity index (χ2n) is 3.59. The summed E-state index contributed by atoms with van der Waals surface area (Å²) in [7, 11) is 1.60. The summed E-state index contributed by atoms with van der Waals surface area (Å²) in [5, 5.41) is 12.1. The summed E-state index contributed by atoms with van der Waals surface area (Å²) in [5.74, 6) is -0.463. The van der Waals surface area contributed by atoms with Crippen LogP contribution in [0.25, 0.3) is 0 Å². The van der Waals surface area contributed by atoms with E-state index in [1.54, 1.807) is 13.2 Å². The number of carboxylic acid groups (broad SMARTS) is 1. The molecule has 0 amide bonds. The van der Waals surface area contributed by atoms with Gasteiger partial charge in [-0.1, -0.05) is 6.07 Å². The summed E-state index contributed by atoms with van der Waals surface area (Å²) in [4.78, 5) is 11.0. The molecule has 2 rings (SSSR count). The number of nitrogens with one attached hydrogen (secondary N) is 1. The topological polar surface area (TPSA) is 58.6 Å². The molecule has 0 saturated heterocycles. The van der Waals surface area contributed by atoms with Crippen LogP contribution in [0, 0.1) is 0 Å². The molecule has 16 heavy (non-hydrogen) atoms. The molecule has 0 bridgehead atoms. The van der Waals surface area contributed by atoms with Crippen molar-refractivity contribution < 1.29 is 14.6 Å². The van der Waals surface area contributed by atoms with Crippen LogP contribution >= 0.6 is 12.4 Å². The quantitative estimate of drug-likeness (QED) is 0.824. The second-order valence-corrected chi connectivity index (χ2v) is 3.59. The molecular formula is C11H14ClNO3. The number of benzene rings is 1. The predicted octanol–water partition coefficient (Wildman–Crippen LogP) is 1.39. The summed E-state index contributed by atoms with van der Waals surface area (Å²) < 4.78 is 5.10. The van der Waals surface area contributed by atoms with Crippen molar-refractivity contribution in [1.29, 1.82) is 0 Å². The summed E-state index contributed by atoms with van der Waals surface area (Å²) >= 11 is 0. The first kappa shape index (κ1) is 12.8. The maximum atomic E-state index is 11.0. The van der Waals surface area contributed by atoms with E-state index in [9.17, 15) is 4.79 Å². The maximum absolute atomic E-state index is 11.0. The Morgan fingerprint density at radius 3 is 2.94 bits per heavy atom. The fourth-order valence-electron chi connectivity index (χ4n) is 1.88. The largest absolute Gasteiger partial charge is 0.497 e. The SMILES string of the molecule is COc1ccc2c(c1)CNCC2C(=O)O.Cl. The van der Waals surface area contributed by atoms with Crippen LogP contribution < -0.4 is 10.1 Å². The number of carbonyl (C=O) groups is 1. The van der Waals surface area contributed by atoms with Gasteiger partial charge in [-0.2, -0.15) is 0 Å². The molecule has 5 heteroatoms. The van der Waals surface area contributed by atoms with E-state index < -0.39 is 11.9 Å². The normalized spacial score (nSPS) is 18.2. The third-order valence-electron chi connectivity index (χ3n) is 2.69. The van der Waals surface area contributed by atoms with Gasteiger partial charge in [-0.05, 0) is 23.3 Å². The lowest BCUT2D eigenvalue weighted by atomic mass is 9.91. The van der Waals surface area contributed by atoms with Crippen LogP contribution in [0.3, 0.4) is 0 Å². The maximum Gasteiger partial charge on any atom is 0.312 e. The Morgan fingerprint density at radius 2 is 2.31 bits per heavy atom. The van der Waals surface area contributed by atoms with Crippen LogP contribution in [0.15, 0.2) is 18.2 Å². The standard InChI is InChI=1S/C11H13NO3.ClH/c1-15-8-2-3-9-7(4-8)5-12-6-10(9)11(13)14;/h2-4,10,12H,5-6H2,1H3,(H,13,14);1H. The Bertz CT molecular complexity index is 395. The molecule has 1 aliphatic heterocycles. The zero-order chi connectivity index (χ0) is 10.8. The van der Waals surface area contributed by atoms with E-state index in [0.29, 0.717) is 13.1 Å². The van der Waals surface area contributed by atoms with Gasteiger partial charge < -0.3 is 15.2 Å². The highest BCUT2D eigenvalue weighted by atomic mass is 35.5. The van der Waals surface area contributed by atoms with E-state index >= 15 is 0 Å². The van der Waals surface area contributed by atoms with Crippen molar-refractivity contribution in [2.45, 2.75) is 12.5 Å². The summed E-state index contributed by atoms with van der Waals surface area (Å²) in [6.07, 6.45) is 0. The van der Waals surface area contributed by atoms with Crippen molar-refractivity contribution in [3.8, 4) is 5.75 Å². The first-order valence-corrected chi connectivity index (χ1v) is 4.82. The fraction of sp³-hybridized carbons (Fsp3) is 0.364. The fourth-order valence-corrected chi connectivity index (χ4v) is 1.88. The summed E-state index contributed by atoms with van der Waals surface area (Å²) in [6, 6.07) is 5.53. The van der Waals surface area contributed by atoms with Crippen molar-refractivity contribution in [2.24, 2.45) is 0 Å². The van der Waals surface area contributed by atoms with Gasteiger partial charge >= 0.3 is 5.97 Å². The Kier molecular flexibility index (Phi) is 4.15. The molecule has 1 unspecified atom stereocenters. The zero-order valence-corrected chi connectivity index (χ0v) is 9.71. The zero-order valence-electron chi connectivity index (χ0n) is 8.90. The van der Waals surface area contributed by atoms with Gasteiger partial charge in [0.15, 0.2) is 0 Å². The van der Waals surface area contributed by atoms with Crippen molar-refractivity contribution in [3.05, 3.63) is 29.3 Å². The highest BCUT2D eigenvalue weighted by molar-refractivity contribution is 5.85. The third kappa shape index (κ3) is 2.28. The Hall–Kier alpha value is -1.26. The number of halogens is 1. The number of methoxy groups -OCH3 is 1. The molecule has 88 valence electrons. The Balaban J connectivity index is 0.00000128. The summed E-state index contributed by atoms with van der Waals surface area (Å²) in [5.41, 5.74) is 1.90. The number of hydrogen-bond acceptors (Lipinski definition) is 3. The molecule has 2 N–H and O–H groups in total. The first-order chi connectivity index (χ1) is 7.22. The van der Waals surface area contributed by atoms with E-state index in [1.807, 2.05) is 12.1 Å². The Morgan fingerprint density at radius 1 is 1.56 bits per heavy atom. The van der Waals surface area contributed by atoms with Gasteiger partial charge in [0.1, 0.15) is 5.75 Å². The molecule has 0 spiro atoms. The summed E-state index contributed by atoms with van der Waals surface area (Å²) in [6.45, 7) is 1.20. The van der Waals surface area contributed by atoms with Crippen LogP contribution in [-0.2, 0) is 11.3 Å². The van der Waals surface area contributed by atoms with Gasteiger partial charge in [-0.3, -0.25) is 4.79 Å². The monoisotopic (exact) mass is 243 g/mol. The molecule has 1 heterocycles. The lowest BCUT2D eigenvalue weighted by Gasteiger charge is -2.23. The molecule has 0 aromatic heterocycles. The van der Waals surface area contributed by atoms with E-state index in [4.69, 9.17) is 9.84 Å². The molecule has 1 aromatic rings. The molecule has 0 radical (unpaired) electrons.